The van der Waals surface area contributed by atoms with Crippen LogP contribution < -0.4 is 5.73 Å². The van der Waals surface area contributed by atoms with Gasteiger partial charge in [0, 0.05) is 11.6 Å². The number of benzene rings is 1. The summed E-state index contributed by atoms with van der Waals surface area (Å²) in [6.07, 6.45) is 2.07. The Labute approximate surface area is 113 Å². The minimum atomic E-state index is -1.02. The zero-order valence-corrected chi connectivity index (χ0v) is 11.3. The Balaban J connectivity index is 0.00000144. The SMILES string of the molecule is Cl.N[C@H](c1cc(C(=O)O)cc(Br)c1O)C1CC1. The lowest BCUT2D eigenvalue weighted by Crippen LogP contribution is -2.13. The molecule has 6 heteroatoms. The summed E-state index contributed by atoms with van der Waals surface area (Å²) in [5, 5.41) is 18.7. The number of aromatic carboxylic acids is 1. The first-order valence-corrected chi connectivity index (χ1v) is 5.81. The van der Waals surface area contributed by atoms with Crippen LogP contribution in [0.15, 0.2) is 16.6 Å². The fraction of sp³-hybridized carbons (Fsp3) is 0.364. The molecule has 0 aliphatic heterocycles. The van der Waals surface area contributed by atoms with E-state index in [1.54, 1.807) is 0 Å². The number of carboxylic acids is 1. The van der Waals surface area contributed by atoms with E-state index >= 15 is 0 Å². The van der Waals surface area contributed by atoms with Crippen molar-refractivity contribution in [3.05, 3.63) is 27.7 Å². The fourth-order valence-corrected chi connectivity index (χ4v) is 2.18. The van der Waals surface area contributed by atoms with E-state index in [1.807, 2.05) is 0 Å². The van der Waals surface area contributed by atoms with Gasteiger partial charge in [0.25, 0.3) is 0 Å². The topological polar surface area (TPSA) is 83.6 Å². The van der Waals surface area contributed by atoms with Crippen molar-refractivity contribution in [1.29, 1.82) is 0 Å². The lowest BCUT2D eigenvalue weighted by Gasteiger charge is -2.14. The lowest BCUT2D eigenvalue weighted by molar-refractivity contribution is 0.0696. The van der Waals surface area contributed by atoms with Gasteiger partial charge in [0.05, 0.1) is 10.0 Å². The van der Waals surface area contributed by atoms with Gasteiger partial charge in [-0.05, 0) is 46.8 Å². The first-order chi connectivity index (χ1) is 7.50. The second kappa shape index (κ2) is 5.25. The number of hydrogen-bond acceptors (Lipinski definition) is 3. The molecule has 0 heterocycles. The molecule has 17 heavy (non-hydrogen) atoms. The van der Waals surface area contributed by atoms with Gasteiger partial charge < -0.3 is 15.9 Å². The Morgan fingerprint density at radius 1 is 1.47 bits per heavy atom. The van der Waals surface area contributed by atoms with Crippen LogP contribution in [-0.4, -0.2) is 16.2 Å². The summed E-state index contributed by atoms with van der Waals surface area (Å²) < 4.78 is 0.374. The molecule has 1 aromatic carbocycles. The first kappa shape index (κ1) is 14.3. The van der Waals surface area contributed by atoms with Crippen LogP contribution in [0.3, 0.4) is 0 Å². The highest BCUT2D eigenvalue weighted by atomic mass is 79.9. The Hall–Kier alpha value is -0.780. The molecule has 2 rings (SSSR count). The molecular weight excluding hydrogens is 309 g/mol. The van der Waals surface area contributed by atoms with Crippen molar-refractivity contribution in [1.82, 2.24) is 0 Å². The van der Waals surface area contributed by atoms with Crippen LogP contribution in [0.5, 0.6) is 5.75 Å². The summed E-state index contributed by atoms with van der Waals surface area (Å²) in [4.78, 5) is 10.9. The molecule has 0 bridgehead atoms. The van der Waals surface area contributed by atoms with Gasteiger partial charge in [0.15, 0.2) is 0 Å². The number of halogens is 2. The third kappa shape index (κ3) is 2.91. The largest absolute Gasteiger partial charge is 0.506 e. The van der Waals surface area contributed by atoms with Crippen molar-refractivity contribution in [2.24, 2.45) is 11.7 Å². The van der Waals surface area contributed by atoms with E-state index in [-0.39, 0.29) is 29.8 Å². The van der Waals surface area contributed by atoms with Gasteiger partial charge in [0.2, 0.25) is 0 Å². The minimum absolute atomic E-state index is 0. The Bertz CT molecular complexity index is 449. The summed E-state index contributed by atoms with van der Waals surface area (Å²) in [7, 11) is 0. The van der Waals surface area contributed by atoms with E-state index in [1.165, 1.54) is 12.1 Å². The highest BCUT2D eigenvalue weighted by Crippen LogP contribution is 2.43. The summed E-state index contributed by atoms with van der Waals surface area (Å²) in [5.41, 5.74) is 6.61. The van der Waals surface area contributed by atoms with Gasteiger partial charge >= 0.3 is 5.97 Å². The predicted molar refractivity (Wildman–Crippen MR) is 69.7 cm³/mol. The van der Waals surface area contributed by atoms with Gasteiger partial charge in [-0.1, -0.05) is 0 Å². The van der Waals surface area contributed by atoms with E-state index in [0.717, 1.165) is 12.8 Å². The quantitative estimate of drug-likeness (QED) is 0.799. The number of nitrogens with two attached hydrogens (primary N) is 1. The average molecular weight is 323 g/mol. The molecule has 0 aromatic heterocycles. The van der Waals surface area contributed by atoms with Gasteiger partial charge in [-0.15, -0.1) is 12.4 Å². The van der Waals surface area contributed by atoms with Crippen molar-refractivity contribution >= 4 is 34.3 Å². The van der Waals surface area contributed by atoms with Crippen LogP contribution in [0.1, 0.15) is 34.8 Å². The molecular formula is C11H13BrClNO3. The Morgan fingerprint density at radius 3 is 2.53 bits per heavy atom. The van der Waals surface area contributed by atoms with Crippen LogP contribution in [-0.2, 0) is 0 Å². The maximum absolute atomic E-state index is 10.9. The smallest absolute Gasteiger partial charge is 0.335 e. The van der Waals surface area contributed by atoms with E-state index in [2.05, 4.69) is 15.9 Å². The van der Waals surface area contributed by atoms with Crippen molar-refractivity contribution in [2.45, 2.75) is 18.9 Å². The van der Waals surface area contributed by atoms with E-state index in [4.69, 9.17) is 10.8 Å². The molecule has 1 fully saturated rings. The molecule has 0 saturated heterocycles. The molecule has 1 atom stereocenters. The summed E-state index contributed by atoms with van der Waals surface area (Å²) in [5.74, 6) is -0.615. The second-order valence-corrected chi connectivity index (χ2v) is 4.92. The van der Waals surface area contributed by atoms with Crippen molar-refractivity contribution < 1.29 is 15.0 Å². The normalized spacial score (nSPS) is 16.1. The van der Waals surface area contributed by atoms with Crippen molar-refractivity contribution in [3.63, 3.8) is 0 Å². The van der Waals surface area contributed by atoms with Crippen LogP contribution in [0.4, 0.5) is 0 Å². The number of carbonyl (C=O) groups is 1. The van der Waals surface area contributed by atoms with Crippen LogP contribution in [0, 0.1) is 5.92 Å². The molecule has 1 saturated carbocycles. The van der Waals surface area contributed by atoms with Crippen molar-refractivity contribution in [2.75, 3.05) is 0 Å². The number of aromatic hydroxyl groups is 1. The molecule has 94 valence electrons. The summed E-state index contributed by atoms with van der Waals surface area (Å²) in [6.45, 7) is 0. The molecule has 0 spiro atoms. The highest BCUT2D eigenvalue weighted by molar-refractivity contribution is 9.10. The Morgan fingerprint density at radius 2 is 2.06 bits per heavy atom. The van der Waals surface area contributed by atoms with E-state index < -0.39 is 5.97 Å². The Kier molecular flexibility index (Phi) is 4.41. The zero-order chi connectivity index (χ0) is 11.9. The maximum Gasteiger partial charge on any atom is 0.335 e. The van der Waals surface area contributed by atoms with E-state index in [0.29, 0.717) is 16.0 Å². The van der Waals surface area contributed by atoms with Gasteiger partial charge in [-0.3, -0.25) is 0 Å². The molecule has 0 unspecified atom stereocenters. The molecule has 1 aromatic rings. The van der Waals surface area contributed by atoms with Gasteiger partial charge in [-0.25, -0.2) is 4.79 Å². The van der Waals surface area contributed by atoms with Crippen LogP contribution in [0.25, 0.3) is 0 Å². The van der Waals surface area contributed by atoms with Crippen LogP contribution in [0.2, 0.25) is 0 Å². The standard InChI is InChI=1S/C11H12BrNO3.ClH/c12-8-4-6(11(15)16)3-7(10(8)14)9(13)5-1-2-5;/h3-5,9,14H,1-2,13H2,(H,15,16);1H/t9-;/m0./s1. The van der Waals surface area contributed by atoms with Gasteiger partial charge in [-0.2, -0.15) is 0 Å². The van der Waals surface area contributed by atoms with E-state index in [9.17, 15) is 9.90 Å². The number of hydrogen-bond donors (Lipinski definition) is 3. The number of phenolic OH excluding ortho intramolecular Hbond substituents is 1. The zero-order valence-electron chi connectivity index (χ0n) is 8.89. The summed E-state index contributed by atoms with van der Waals surface area (Å²) in [6, 6.07) is 2.54. The summed E-state index contributed by atoms with van der Waals surface area (Å²) >= 11 is 3.13. The monoisotopic (exact) mass is 321 g/mol. The molecule has 0 amide bonds. The molecule has 0 radical (unpaired) electrons. The highest BCUT2D eigenvalue weighted by Gasteiger charge is 2.32. The third-order valence-corrected chi connectivity index (χ3v) is 3.43. The average Bonchev–Trinajstić information content (AvgIpc) is 3.04. The fourth-order valence-electron chi connectivity index (χ4n) is 1.71. The second-order valence-electron chi connectivity index (χ2n) is 4.06. The number of rotatable bonds is 3. The minimum Gasteiger partial charge on any atom is -0.506 e. The number of phenols is 1. The molecule has 1 aliphatic rings. The first-order valence-electron chi connectivity index (χ1n) is 5.02. The van der Waals surface area contributed by atoms with Gasteiger partial charge in [0.1, 0.15) is 5.75 Å². The molecule has 4 N–H and O–H groups in total. The predicted octanol–water partition coefficient (Wildman–Crippen LogP) is 2.68. The van der Waals surface area contributed by atoms with Crippen molar-refractivity contribution in [3.8, 4) is 5.75 Å². The lowest BCUT2D eigenvalue weighted by atomic mass is 10.00. The molecule has 4 nitrogen and oxygen atoms in total. The number of carboxylic acid groups (broad SMARTS) is 1. The maximum atomic E-state index is 10.9. The third-order valence-electron chi connectivity index (χ3n) is 2.83. The molecule has 1 aliphatic carbocycles. The van der Waals surface area contributed by atoms with Crippen LogP contribution >= 0.6 is 28.3 Å².